The van der Waals surface area contributed by atoms with Crippen LogP contribution < -0.4 is 4.74 Å². The van der Waals surface area contributed by atoms with Gasteiger partial charge in [-0.3, -0.25) is 4.79 Å². The summed E-state index contributed by atoms with van der Waals surface area (Å²) in [6.45, 7) is 5.73. The fourth-order valence-electron chi connectivity index (χ4n) is 4.19. The van der Waals surface area contributed by atoms with Gasteiger partial charge in [-0.2, -0.15) is 0 Å². The van der Waals surface area contributed by atoms with Gasteiger partial charge in [0, 0.05) is 18.3 Å². The van der Waals surface area contributed by atoms with Gasteiger partial charge in [0.05, 0.1) is 37.6 Å². The molecule has 33 heavy (non-hydrogen) atoms. The van der Waals surface area contributed by atoms with E-state index in [0.717, 1.165) is 16.9 Å². The van der Waals surface area contributed by atoms with Crippen molar-refractivity contribution in [2.24, 2.45) is 5.41 Å². The van der Waals surface area contributed by atoms with Gasteiger partial charge in [0.2, 0.25) is 5.91 Å². The summed E-state index contributed by atoms with van der Waals surface area (Å²) in [4.78, 5) is 18.6. The zero-order valence-electron chi connectivity index (χ0n) is 19.2. The predicted octanol–water partition coefficient (Wildman–Crippen LogP) is 3.90. The molecule has 176 valence electrons. The number of hydrogen-bond acceptors (Lipinski definition) is 5. The molecule has 1 unspecified atom stereocenters. The van der Waals surface area contributed by atoms with Gasteiger partial charge >= 0.3 is 0 Å². The minimum absolute atomic E-state index is 0.197. The van der Waals surface area contributed by atoms with Crippen molar-refractivity contribution in [1.29, 1.82) is 0 Å². The molecule has 0 bridgehead atoms. The first-order valence-electron chi connectivity index (χ1n) is 10.8. The second-order valence-corrected chi connectivity index (χ2v) is 9.20. The second-order valence-electron chi connectivity index (χ2n) is 9.20. The summed E-state index contributed by atoms with van der Waals surface area (Å²) in [5, 5.41) is 8.46. The molecule has 4 rings (SSSR count). The van der Waals surface area contributed by atoms with Crippen LogP contribution in [0.3, 0.4) is 0 Å². The van der Waals surface area contributed by atoms with E-state index >= 15 is 0 Å². The molecule has 1 aromatic carbocycles. The molecule has 1 fully saturated rings. The average Bonchev–Trinajstić information content (AvgIpc) is 3.41. The highest BCUT2D eigenvalue weighted by Crippen LogP contribution is 2.37. The third kappa shape index (κ3) is 4.89. The van der Waals surface area contributed by atoms with Crippen LogP contribution >= 0.6 is 0 Å². The largest absolute Gasteiger partial charge is 0.495 e. The van der Waals surface area contributed by atoms with Gasteiger partial charge in [0.1, 0.15) is 17.5 Å². The SMILES string of the molecule is COc1cc(-c2cn(C3CC(C)(C)CCN(CC(F)F)C3=O)nn2)ccc1-n1cnc(C)c1. The Balaban J connectivity index is 1.64. The maximum absolute atomic E-state index is 13.1. The normalized spacial score (nSPS) is 18.6. The number of likely N-dealkylation sites (tertiary alicyclic amines) is 1. The topological polar surface area (TPSA) is 78.1 Å². The molecule has 8 nitrogen and oxygen atoms in total. The Hall–Kier alpha value is -3.30. The van der Waals surface area contributed by atoms with E-state index < -0.39 is 19.0 Å². The van der Waals surface area contributed by atoms with Crippen LogP contribution in [0.2, 0.25) is 0 Å². The maximum atomic E-state index is 13.1. The van der Waals surface area contributed by atoms with Crippen LogP contribution in [0.25, 0.3) is 16.9 Å². The number of benzene rings is 1. The number of carbonyl (C=O) groups excluding carboxylic acids is 1. The number of halogens is 2. The average molecular weight is 459 g/mol. The fraction of sp³-hybridized carbons (Fsp3) is 0.478. The van der Waals surface area contributed by atoms with Gasteiger partial charge in [-0.05, 0) is 37.3 Å². The lowest BCUT2D eigenvalue weighted by atomic mass is 9.83. The monoisotopic (exact) mass is 458 g/mol. The molecular weight excluding hydrogens is 430 g/mol. The van der Waals surface area contributed by atoms with E-state index in [9.17, 15) is 13.6 Å². The zero-order chi connectivity index (χ0) is 23.8. The highest BCUT2D eigenvalue weighted by molar-refractivity contribution is 5.81. The number of amides is 1. The van der Waals surface area contributed by atoms with E-state index in [2.05, 4.69) is 15.3 Å². The minimum atomic E-state index is -2.58. The van der Waals surface area contributed by atoms with Crippen molar-refractivity contribution in [3.8, 4) is 22.7 Å². The summed E-state index contributed by atoms with van der Waals surface area (Å²) in [6, 6.07) is 4.96. The van der Waals surface area contributed by atoms with Gasteiger partial charge in [-0.1, -0.05) is 25.1 Å². The molecule has 0 saturated carbocycles. The van der Waals surface area contributed by atoms with Gasteiger partial charge < -0.3 is 14.2 Å². The molecule has 1 aliphatic rings. The lowest BCUT2D eigenvalue weighted by molar-refractivity contribution is -0.136. The van der Waals surface area contributed by atoms with E-state index in [1.807, 2.05) is 49.7 Å². The summed E-state index contributed by atoms with van der Waals surface area (Å²) in [5.74, 6) is 0.287. The zero-order valence-corrected chi connectivity index (χ0v) is 19.2. The number of aromatic nitrogens is 5. The van der Waals surface area contributed by atoms with Crippen LogP contribution in [0.5, 0.6) is 5.75 Å². The van der Waals surface area contributed by atoms with Crippen molar-refractivity contribution >= 4 is 5.91 Å². The molecule has 0 N–H and O–H groups in total. The Morgan fingerprint density at radius 1 is 1.27 bits per heavy atom. The lowest BCUT2D eigenvalue weighted by Crippen LogP contribution is -2.39. The van der Waals surface area contributed by atoms with Crippen LogP contribution in [0.1, 0.15) is 38.4 Å². The number of ether oxygens (including phenoxy) is 1. The number of methoxy groups -OCH3 is 1. The number of aryl methyl sites for hydroxylation is 1. The smallest absolute Gasteiger partial charge is 0.255 e. The molecule has 1 saturated heterocycles. The standard InChI is InChI=1S/C23H28F2N6O2/c1-15-11-30(14-26-15)18-6-5-16(9-20(18)33-4)17-12-31(28-27-17)19-10-23(2,3)7-8-29(22(19)32)13-21(24)25/h5-6,9,11-12,14,19,21H,7-8,10,13H2,1-4H3. The molecule has 3 aromatic rings. The third-order valence-electron chi connectivity index (χ3n) is 6.05. The fourth-order valence-corrected chi connectivity index (χ4v) is 4.19. The van der Waals surface area contributed by atoms with Crippen LogP contribution in [0.4, 0.5) is 8.78 Å². The second kappa shape index (κ2) is 8.92. The molecule has 1 aliphatic heterocycles. The van der Waals surface area contributed by atoms with E-state index in [1.165, 1.54) is 9.58 Å². The molecule has 0 spiro atoms. The summed E-state index contributed by atoms with van der Waals surface area (Å²) in [6.07, 6.45) is 3.88. The molecule has 3 heterocycles. The van der Waals surface area contributed by atoms with Crippen LogP contribution in [-0.2, 0) is 4.79 Å². The molecule has 2 aromatic heterocycles. The molecule has 0 radical (unpaired) electrons. The summed E-state index contributed by atoms with van der Waals surface area (Å²) in [7, 11) is 1.59. The quantitative estimate of drug-likeness (QED) is 0.560. The molecular formula is C23H28F2N6O2. The predicted molar refractivity (Wildman–Crippen MR) is 119 cm³/mol. The Kier molecular flexibility index (Phi) is 6.18. The maximum Gasteiger partial charge on any atom is 0.255 e. The molecule has 0 aliphatic carbocycles. The van der Waals surface area contributed by atoms with Gasteiger partial charge in [-0.15, -0.1) is 5.10 Å². The number of hydrogen-bond donors (Lipinski definition) is 0. The van der Waals surface area contributed by atoms with E-state index in [1.54, 1.807) is 19.6 Å². The highest BCUT2D eigenvalue weighted by atomic mass is 19.3. The first kappa shape index (κ1) is 22.9. The van der Waals surface area contributed by atoms with Crippen molar-refractivity contribution in [2.45, 2.75) is 46.1 Å². The number of alkyl halides is 2. The Labute approximate surface area is 191 Å². The van der Waals surface area contributed by atoms with Crippen LogP contribution in [0.15, 0.2) is 36.9 Å². The van der Waals surface area contributed by atoms with Crippen molar-refractivity contribution in [1.82, 2.24) is 29.4 Å². The van der Waals surface area contributed by atoms with Crippen molar-refractivity contribution in [2.75, 3.05) is 20.2 Å². The van der Waals surface area contributed by atoms with Crippen molar-refractivity contribution in [3.05, 3.63) is 42.6 Å². The molecule has 1 atom stereocenters. The summed E-state index contributed by atoms with van der Waals surface area (Å²) < 4.78 is 35.1. The number of imidazole rings is 1. The lowest BCUT2D eigenvalue weighted by Gasteiger charge is -2.24. The number of nitrogens with zero attached hydrogens (tertiary/aromatic N) is 6. The van der Waals surface area contributed by atoms with Crippen molar-refractivity contribution in [3.63, 3.8) is 0 Å². The number of rotatable bonds is 6. The number of carbonyl (C=O) groups is 1. The van der Waals surface area contributed by atoms with E-state index in [4.69, 9.17) is 4.74 Å². The van der Waals surface area contributed by atoms with Gasteiger partial charge in [0.25, 0.3) is 6.43 Å². The molecule has 10 heteroatoms. The first-order chi connectivity index (χ1) is 15.7. The van der Waals surface area contributed by atoms with Gasteiger partial charge in [-0.25, -0.2) is 18.4 Å². The third-order valence-corrected chi connectivity index (χ3v) is 6.05. The summed E-state index contributed by atoms with van der Waals surface area (Å²) >= 11 is 0. The Morgan fingerprint density at radius 3 is 2.73 bits per heavy atom. The van der Waals surface area contributed by atoms with Crippen LogP contribution in [0, 0.1) is 12.3 Å². The minimum Gasteiger partial charge on any atom is -0.495 e. The van der Waals surface area contributed by atoms with E-state index in [0.29, 0.717) is 30.8 Å². The first-order valence-corrected chi connectivity index (χ1v) is 10.8. The molecule has 1 amide bonds. The summed E-state index contributed by atoms with van der Waals surface area (Å²) in [5.41, 5.74) is 2.86. The van der Waals surface area contributed by atoms with Crippen LogP contribution in [-0.4, -0.2) is 62.0 Å². The Bertz CT molecular complexity index is 1140. The Morgan fingerprint density at radius 2 is 2.06 bits per heavy atom. The van der Waals surface area contributed by atoms with Gasteiger partial charge in [0.15, 0.2) is 0 Å². The van der Waals surface area contributed by atoms with Crippen molar-refractivity contribution < 1.29 is 18.3 Å². The highest BCUT2D eigenvalue weighted by Gasteiger charge is 2.37. The van der Waals surface area contributed by atoms with E-state index in [-0.39, 0.29) is 11.3 Å².